The molecule has 0 fully saturated rings. The normalized spacial score (nSPS) is 19.0. The molecule has 1 atom stereocenters. The average Bonchev–Trinajstić information content (AvgIpc) is 2.81. The molecule has 0 aliphatic carbocycles. The van der Waals surface area contributed by atoms with E-state index in [1.54, 1.807) is 25.3 Å². The average molecular weight is 322 g/mol. The molecule has 1 N–H and O–H groups in total. The molecule has 0 bridgehead atoms. The van der Waals surface area contributed by atoms with Gasteiger partial charge >= 0.3 is 0 Å². The Morgan fingerprint density at radius 2 is 2.04 bits per heavy atom. The van der Waals surface area contributed by atoms with E-state index in [0.29, 0.717) is 17.0 Å². The summed E-state index contributed by atoms with van der Waals surface area (Å²) in [6.45, 7) is 0.271. The SMILES string of the molecule is COc1cccc(CC2(O)C(=O)N(CCC#N)c3ccccc32)c1. The maximum Gasteiger partial charge on any atom is 0.264 e. The number of nitriles is 1. The smallest absolute Gasteiger partial charge is 0.264 e. The van der Waals surface area contributed by atoms with E-state index >= 15 is 0 Å². The van der Waals surface area contributed by atoms with Crippen LogP contribution in [0.4, 0.5) is 5.69 Å². The van der Waals surface area contributed by atoms with E-state index < -0.39 is 5.60 Å². The third-order valence-electron chi connectivity index (χ3n) is 4.28. The fraction of sp³-hybridized carbons (Fsp3) is 0.263. The number of anilines is 1. The van der Waals surface area contributed by atoms with E-state index in [0.717, 1.165) is 5.56 Å². The first-order valence-electron chi connectivity index (χ1n) is 7.74. The molecule has 24 heavy (non-hydrogen) atoms. The quantitative estimate of drug-likeness (QED) is 0.917. The van der Waals surface area contributed by atoms with Gasteiger partial charge in [0, 0.05) is 18.5 Å². The number of hydrogen-bond acceptors (Lipinski definition) is 4. The van der Waals surface area contributed by atoms with Gasteiger partial charge in [-0.2, -0.15) is 5.26 Å². The summed E-state index contributed by atoms with van der Waals surface area (Å²) < 4.78 is 5.21. The molecule has 122 valence electrons. The number of nitrogens with zero attached hydrogens (tertiary/aromatic N) is 2. The predicted molar refractivity (Wildman–Crippen MR) is 89.6 cm³/mol. The van der Waals surface area contributed by atoms with Crippen LogP contribution in [0.15, 0.2) is 48.5 Å². The molecule has 2 aromatic rings. The number of carbonyl (C=O) groups is 1. The zero-order chi connectivity index (χ0) is 17.2. The van der Waals surface area contributed by atoms with Crippen LogP contribution in [0, 0.1) is 11.3 Å². The van der Waals surface area contributed by atoms with Gasteiger partial charge in [-0.05, 0) is 23.8 Å². The van der Waals surface area contributed by atoms with Crippen LogP contribution in [0.25, 0.3) is 0 Å². The minimum absolute atomic E-state index is 0.156. The molecule has 0 radical (unpaired) electrons. The van der Waals surface area contributed by atoms with Crippen LogP contribution in [-0.2, 0) is 16.8 Å². The van der Waals surface area contributed by atoms with E-state index in [2.05, 4.69) is 0 Å². The molecule has 0 spiro atoms. The number of amides is 1. The van der Waals surface area contributed by atoms with Crippen LogP contribution < -0.4 is 9.64 Å². The Balaban J connectivity index is 1.99. The molecule has 1 unspecified atom stereocenters. The van der Waals surface area contributed by atoms with Crippen LogP contribution in [0.3, 0.4) is 0 Å². The lowest BCUT2D eigenvalue weighted by atomic mass is 9.88. The van der Waals surface area contributed by atoms with Crippen LogP contribution in [0.2, 0.25) is 0 Å². The Hall–Kier alpha value is -2.84. The zero-order valence-electron chi connectivity index (χ0n) is 13.4. The maximum atomic E-state index is 12.9. The number of benzene rings is 2. The largest absolute Gasteiger partial charge is 0.497 e. The first-order chi connectivity index (χ1) is 11.6. The van der Waals surface area contributed by atoms with Gasteiger partial charge in [0.15, 0.2) is 5.60 Å². The number of hydrogen-bond donors (Lipinski definition) is 1. The molecule has 1 aliphatic heterocycles. The fourth-order valence-corrected chi connectivity index (χ4v) is 3.14. The summed E-state index contributed by atoms with van der Waals surface area (Å²) in [6, 6.07) is 16.5. The number of para-hydroxylation sites is 1. The van der Waals surface area contributed by atoms with Crippen LogP contribution in [0.1, 0.15) is 17.5 Å². The molecular formula is C19H18N2O3. The number of aliphatic hydroxyl groups is 1. The summed E-state index contributed by atoms with van der Waals surface area (Å²) in [5, 5.41) is 20.0. The molecule has 1 heterocycles. The van der Waals surface area contributed by atoms with Gasteiger partial charge in [0.1, 0.15) is 5.75 Å². The second-order valence-corrected chi connectivity index (χ2v) is 5.77. The Labute approximate surface area is 140 Å². The minimum Gasteiger partial charge on any atom is -0.497 e. The Kier molecular flexibility index (Phi) is 4.24. The highest BCUT2D eigenvalue weighted by Gasteiger charge is 2.49. The summed E-state index contributed by atoms with van der Waals surface area (Å²) in [6.07, 6.45) is 0.373. The van der Waals surface area contributed by atoms with Gasteiger partial charge in [0.05, 0.1) is 25.3 Å². The lowest BCUT2D eigenvalue weighted by molar-refractivity contribution is -0.136. The van der Waals surface area contributed by atoms with Gasteiger partial charge in [0.25, 0.3) is 5.91 Å². The summed E-state index contributed by atoms with van der Waals surface area (Å²) >= 11 is 0. The number of fused-ring (bicyclic) bond motifs is 1. The van der Waals surface area contributed by atoms with Crippen molar-refractivity contribution >= 4 is 11.6 Å². The first kappa shape index (κ1) is 16.0. The Bertz CT molecular complexity index is 812. The van der Waals surface area contributed by atoms with E-state index in [4.69, 9.17) is 10.00 Å². The van der Waals surface area contributed by atoms with Crippen molar-refractivity contribution in [2.45, 2.75) is 18.4 Å². The maximum absolute atomic E-state index is 12.9. The van der Waals surface area contributed by atoms with Crippen LogP contribution in [-0.4, -0.2) is 24.7 Å². The molecule has 0 saturated carbocycles. The predicted octanol–water partition coefficient (Wildman–Crippen LogP) is 2.39. The summed E-state index contributed by atoms with van der Waals surface area (Å²) in [7, 11) is 1.58. The third-order valence-corrected chi connectivity index (χ3v) is 4.28. The monoisotopic (exact) mass is 322 g/mol. The molecule has 0 aromatic heterocycles. The minimum atomic E-state index is -1.63. The van der Waals surface area contributed by atoms with Crippen molar-refractivity contribution in [1.29, 1.82) is 5.26 Å². The van der Waals surface area contributed by atoms with Crippen molar-refractivity contribution in [3.8, 4) is 11.8 Å². The highest BCUT2D eigenvalue weighted by atomic mass is 16.5. The number of rotatable bonds is 5. The molecule has 2 aromatic carbocycles. The van der Waals surface area contributed by atoms with Gasteiger partial charge in [-0.1, -0.05) is 30.3 Å². The number of carbonyl (C=O) groups excluding carboxylic acids is 1. The Morgan fingerprint density at radius 3 is 2.79 bits per heavy atom. The van der Waals surface area contributed by atoms with Crippen molar-refractivity contribution < 1.29 is 14.6 Å². The van der Waals surface area contributed by atoms with Crippen molar-refractivity contribution in [3.63, 3.8) is 0 Å². The molecular weight excluding hydrogens is 304 g/mol. The van der Waals surface area contributed by atoms with E-state index in [1.807, 2.05) is 36.4 Å². The number of methoxy groups -OCH3 is 1. The van der Waals surface area contributed by atoms with Gasteiger partial charge in [-0.25, -0.2) is 0 Å². The first-order valence-corrected chi connectivity index (χ1v) is 7.74. The molecule has 1 amide bonds. The summed E-state index contributed by atoms with van der Waals surface area (Å²) in [4.78, 5) is 14.4. The molecule has 3 rings (SSSR count). The molecule has 5 heteroatoms. The number of ether oxygens (including phenoxy) is 1. The van der Waals surface area contributed by atoms with E-state index in [-0.39, 0.29) is 25.3 Å². The standard InChI is InChI=1S/C19H18N2O3/c1-24-15-7-4-6-14(12-15)13-19(23)16-8-2-3-9-17(16)21(18(19)22)11-5-10-20/h2-4,6-9,12,23H,5,11,13H2,1H3. The zero-order valence-corrected chi connectivity index (χ0v) is 13.4. The topological polar surface area (TPSA) is 73.6 Å². The third kappa shape index (κ3) is 2.61. The Morgan fingerprint density at radius 1 is 1.25 bits per heavy atom. The van der Waals surface area contributed by atoms with Gasteiger partial charge < -0.3 is 14.7 Å². The molecule has 5 nitrogen and oxygen atoms in total. The van der Waals surface area contributed by atoms with E-state index in [1.165, 1.54) is 4.90 Å². The van der Waals surface area contributed by atoms with Gasteiger partial charge in [-0.15, -0.1) is 0 Å². The van der Waals surface area contributed by atoms with Gasteiger partial charge in [-0.3, -0.25) is 4.79 Å². The highest BCUT2D eigenvalue weighted by Crippen LogP contribution is 2.42. The summed E-state index contributed by atoms with van der Waals surface area (Å²) in [5.74, 6) is 0.290. The van der Waals surface area contributed by atoms with Crippen molar-refractivity contribution in [3.05, 3.63) is 59.7 Å². The lowest BCUT2D eigenvalue weighted by Crippen LogP contribution is -2.42. The van der Waals surface area contributed by atoms with Crippen molar-refractivity contribution in [1.82, 2.24) is 0 Å². The second-order valence-electron chi connectivity index (χ2n) is 5.77. The lowest BCUT2D eigenvalue weighted by Gasteiger charge is -2.23. The van der Waals surface area contributed by atoms with Crippen LogP contribution >= 0.6 is 0 Å². The van der Waals surface area contributed by atoms with Crippen LogP contribution in [0.5, 0.6) is 5.75 Å². The highest BCUT2D eigenvalue weighted by molar-refractivity contribution is 6.07. The van der Waals surface area contributed by atoms with Gasteiger partial charge in [0.2, 0.25) is 0 Å². The fourth-order valence-electron chi connectivity index (χ4n) is 3.14. The molecule has 1 aliphatic rings. The van der Waals surface area contributed by atoms with E-state index in [9.17, 15) is 9.90 Å². The summed E-state index contributed by atoms with van der Waals surface area (Å²) in [5.41, 5.74) is 0.430. The molecule has 0 saturated heterocycles. The van der Waals surface area contributed by atoms with Crippen molar-refractivity contribution in [2.24, 2.45) is 0 Å². The second kappa shape index (κ2) is 6.34. The van der Waals surface area contributed by atoms with Crippen molar-refractivity contribution in [2.75, 3.05) is 18.6 Å².